The van der Waals surface area contributed by atoms with Crippen molar-refractivity contribution >= 4 is 28.5 Å². The number of hydrogen-bond acceptors (Lipinski definition) is 3. The number of halogens is 1. The summed E-state index contributed by atoms with van der Waals surface area (Å²) in [5, 5.41) is 3.45. The van der Waals surface area contributed by atoms with Crippen LogP contribution in [-0.4, -0.2) is 28.7 Å². The molecular weight excluding hydrogens is 338 g/mol. The van der Waals surface area contributed by atoms with Crippen molar-refractivity contribution < 1.29 is 9.53 Å². The number of carbonyl (C=O) groups is 1. The predicted molar refractivity (Wildman–Crippen MR) is 98.8 cm³/mol. The lowest BCUT2D eigenvalue weighted by atomic mass is 10.2. The molecule has 1 heterocycles. The molecule has 2 aromatic carbocycles. The van der Waals surface area contributed by atoms with Gasteiger partial charge in [-0.2, -0.15) is 0 Å². The van der Waals surface area contributed by atoms with Crippen LogP contribution in [0.2, 0.25) is 5.02 Å². The minimum absolute atomic E-state index is 0.175. The zero-order valence-electron chi connectivity index (χ0n) is 14.0. The quantitative estimate of drug-likeness (QED) is 0.656. The van der Waals surface area contributed by atoms with E-state index in [4.69, 9.17) is 16.3 Å². The molecule has 3 rings (SSSR count). The Bertz CT molecular complexity index is 876. The highest BCUT2D eigenvalue weighted by atomic mass is 35.5. The summed E-state index contributed by atoms with van der Waals surface area (Å²) in [7, 11) is 0. The normalized spacial score (nSPS) is 11.0. The largest absolute Gasteiger partial charge is 0.380 e. The van der Waals surface area contributed by atoms with Crippen molar-refractivity contribution in [3.8, 4) is 0 Å². The van der Waals surface area contributed by atoms with Gasteiger partial charge in [-0.15, -0.1) is 0 Å². The van der Waals surface area contributed by atoms with Gasteiger partial charge in [0.05, 0.1) is 24.2 Å². The van der Waals surface area contributed by atoms with Crippen molar-refractivity contribution in [2.45, 2.75) is 20.0 Å². The highest BCUT2D eigenvalue weighted by molar-refractivity contribution is 6.30. The Morgan fingerprint density at radius 1 is 1.24 bits per heavy atom. The van der Waals surface area contributed by atoms with E-state index in [1.165, 1.54) is 0 Å². The maximum atomic E-state index is 12.3. The lowest BCUT2D eigenvalue weighted by molar-refractivity contribution is 0.0949. The van der Waals surface area contributed by atoms with Gasteiger partial charge in [-0.05, 0) is 37.3 Å². The molecule has 1 N–H and O–H groups in total. The third-order valence-corrected chi connectivity index (χ3v) is 4.13. The fourth-order valence-electron chi connectivity index (χ4n) is 2.70. The minimum Gasteiger partial charge on any atom is -0.380 e. The van der Waals surface area contributed by atoms with Crippen molar-refractivity contribution in [1.82, 2.24) is 14.9 Å². The molecule has 0 spiro atoms. The minimum atomic E-state index is -0.175. The molecule has 130 valence electrons. The van der Waals surface area contributed by atoms with Crippen LogP contribution >= 0.6 is 11.6 Å². The average molecular weight is 358 g/mol. The molecular formula is C19H20ClN3O2. The molecule has 0 aliphatic carbocycles. The van der Waals surface area contributed by atoms with E-state index in [9.17, 15) is 4.79 Å². The van der Waals surface area contributed by atoms with E-state index < -0.39 is 0 Å². The molecule has 0 fully saturated rings. The average Bonchev–Trinajstić information content (AvgIpc) is 2.98. The number of para-hydroxylation sites is 2. The zero-order chi connectivity index (χ0) is 17.6. The molecule has 0 unspecified atom stereocenters. The van der Waals surface area contributed by atoms with E-state index in [0.29, 0.717) is 36.9 Å². The van der Waals surface area contributed by atoms with Gasteiger partial charge in [0.25, 0.3) is 5.91 Å². The van der Waals surface area contributed by atoms with Crippen LogP contribution in [0.25, 0.3) is 11.0 Å². The van der Waals surface area contributed by atoms with Gasteiger partial charge in [-0.1, -0.05) is 29.8 Å². The smallest absolute Gasteiger partial charge is 0.251 e. The van der Waals surface area contributed by atoms with Gasteiger partial charge < -0.3 is 14.6 Å². The van der Waals surface area contributed by atoms with E-state index in [2.05, 4.69) is 14.9 Å². The summed E-state index contributed by atoms with van der Waals surface area (Å²) in [6, 6.07) is 14.8. The Hall–Kier alpha value is -2.37. The van der Waals surface area contributed by atoms with Crippen LogP contribution in [-0.2, 0) is 17.8 Å². The van der Waals surface area contributed by atoms with Crippen molar-refractivity contribution in [3.05, 3.63) is 64.9 Å². The number of hydrogen-bond donors (Lipinski definition) is 1. The second-order valence-corrected chi connectivity index (χ2v) is 5.99. The molecule has 5 nitrogen and oxygen atoms in total. The molecule has 0 atom stereocenters. The second-order valence-electron chi connectivity index (χ2n) is 5.56. The zero-order valence-corrected chi connectivity index (χ0v) is 14.8. The SMILES string of the molecule is CCOCCn1c(CNC(=O)c2cccc(Cl)c2)nc2ccccc21. The molecule has 0 aliphatic rings. The molecule has 0 saturated heterocycles. The van der Waals surface area contributed by atoms with Gasteiger partial charge in [0, 0.05) is 23.7 Å². The van der Waals surface area contributed by atoms with E-state index in [-0.39, 0.29) is 5.91 Å². The topological polar surface area (TPSA) is 56.1 Å². The van der Waals surface area contributed by atoms with Crippen molar-refractivity contribution in [3.63, 3.8) is 0 Å². The Balaban J connectivity index is 1.78. The fourth-order valence-corrected chi connectivity index (χ4v) is 2.89. The molecule has 6 heteroatoms. The van der Waals surface area contributed by atoms with Crippen molar-refractivity contribution in [1.29, 1.82) is 0 Å². The number of imidazole rings is 1. The number of nitrogens with zero attached hydrogens (tertiary/aromatic N) is 2. The highest BCUT2D eigenvalue weighted by Gasteiger charge is 2.12. The number of carbonyl (C=O) groups excluding carboxylic acids is 1. The van der Waals surface area contributed by atoms with Crippen LogP contribution in [0.5, 0.6) is 0 Å². The van der Waals surface area contributed by atoms with Crippen LogP contribution < -0.4 is 5.32 Å². The Labute approximate surface area is 151 Å². The van der Waals surface area contributed by atoms with Crippen LogP contribution in [0.1, 0.15) is 23.1 Å². The van der Waals surface area contributed by atoms with Gasteiger partial charge in [0.2, 0.25) is 0 Å². The van der Waals surface area contributed by atoms with E-state index in [0.717, 1.165) is 16.9 Å². The summed E-state index contributed by atoms with van der Waals surface area (Å²) in [4.78, 5) is 17.0. The molecule has 3 aromatic rings. The molecule has 1 amide bonds. The van der Waals surface area contributed by atoms with Crippen LogP contribution in [0.4, 0.5) is 0 Å². The van der Waals surface area contributed by atoms with Crippen LogP contribution in [0.3, 0.4) is 0 Å². The number of ether oxygens (including phenoxy) is 1. The summed E-state index contributed by atoms with van der Waals surface area (Å²) < 4.78 is 7.55. The Kier molecular flexibility index (Phi) is 5.68. The lowest BCUT2D eigenvalue weighted by Crippen LogP contribution is -2.25. The summed E-state index contributed by atoms with van der Waals surface area (Å²) in [5.41, 5.74) is 2.48. The standard InChI is InChI=1S/C19H20ClN3O2/c1-2-25-11-10-23-17-9-4-3-8-16(17)22-18(23)13-21-19(24)14-6-5-7-15(20)12-14/h3-9,12H,2,10-11,13H2,1H3,(H,21,24). The number of benzene rings is 2. The fraction of sp³-hybridized carbons (Fsp3) is 0.263. The van der Waals surface area contributed by atoms with Crippen molar-refractivity contribution in [2.24, 2.45) is 0 Å². The van der Waals surface area contributed by atoms with Crippen LogP contribution in [0.15, 0.2) is 48.5 Å². The number of amides is 1. The summed E-state index contributed by atoms with van der Waals surface area (Å²) in [5.74, 6) is 0.627. The van der Waals surface area contributed by atoms with Crippen LogP contribution in [0, 0.1) is 0 Å². The Morgan fingerprint density at radius 2 is 2.08 bits per heavy atom. The lowest BCUT2D eigenvalue weighted by Gasteiger charge is -2.10. The maximum absolute atomic E-state index is 12.3. The van der Waals surface area contributed by atoms with Crippen molar-refractivity contribution in [2.75, 3.05) is 13.2 Å². The molecule has 0 bridgehead atoms. The molecule has 25 heavy (non-hydrogen) atoms. The third-order valence-electron chi connectivity index (χ3n) is 3.89. The van der Waals surface area contributed by atoms with Gasteiger partial charge >= 0.3 is 0 Å². The van der Waals surface area contributed by atoms with E-state index >= 15 is 0 Å². The second kappa shape index (κ2) is 8.14. The first-order valence-electron chi connectivity index (χ1n) is 8.24. The molecule has 0 aliphatic heterocycles. The highest BCUT2D eigenvalue weighted by Crippen LogP contribution is 2.16. The number of rotatable bonds is 7. The Morgan fingerprint density at radius 3 is 2.88 bits per heavy atom. The van der Waals surface area contributed by atoms with Gasteiger partial charge in [0.1, 0.15) is 5.82 Å². The maximum Gasteiger partial charge on any atom is 0.251 e. The first-order chi connectivity index (χ1) is 12.2. The summed E-state index contributed by atoms with van der Waals surface area (Å²) in [6.07, 6.45) is 0. The number of fused-ring (bicyclic) bond motifs is 1. The number of nitrogens with one attached hydrogen (secondary N) is 1. The number of aromatic nitrogens is 2. The molecule has 0 radical (unpaired) electrons. The summed E-state index contributed by atoms with van der Waals surface area (Å²) >= 11 is 5.95. The van der Waals surface area contributed by atoms with E-state index in [1.54, 1.807) is 24.3 Å². The first-order valence-corrected chi connectivity index (χ1v) is 8.62. The third kappa shape index (κ3) is 4.18. The summed E-state index contributed by atoms with van der Waals surface area (Å²) in [6.45, 7) is 4.28. The first kappa shape index (κ1) is 17.5. The molecule has 1 aromatic heterocycles. The van der Waals surface area contributed by atoms with E-state index in [1.807, 2.05) is 31.2 Å². The van der Waals surface area contributed by atoms with Gasteiger partial charge in [0.15, 0.2) is 0 Å². The monoisotopic (exact) mass is 357 g/mol. The van der Waals surface area contributed by atoms with Gasteiger partial charge in [-0.3, -0.25) is 4.79 Å². The predicted octanol–water partition coefficient (Wildman–Crippen LogP) is 3.66. The molecule has 0 saturated carbocycles. The van der Waals surface area contributed by atoms with Gasteiger partial charge in [-0.25, -0.2) is 4.98 Å².